The number of nitrogens with one attached hydrogen (secondary N) is 1. The zero-order valence-electron chi connectivity index (χ0n) is 11.3. The van der Waals surface area contributed by atoms with Crippen LogP contribution in [0.3, 0.4) is 0 Å². The van der Waals surface area contributed by atoms with Gasteiger partial charge in [-0.15, -0.1) is 0 Å². The van der Waals surface area contributed by atoms with Crippen LogP contribution in [-0.2, 0) is 14.9 Å². The van der Waals surface area contributed by atoms with Gasteiger partial charge in [-0.25, -0.2) is 4.72 Å². The first-order valence-corrected chi connectivity index (χ1v) is 8.52. The van der Waals surface area contributed by atoms with Crippen LogP contribution in [0.25, 0.3) is 0 Å². The van der Waals surface area contributed by atoms with Crippen molar-refractivity contribution in [1.29, 1.82) is 0 Å². The van der Waals surface area contributed by atoms with Crippen molar-refractivity contribution >= 4 is 10.2 Å². The number of piperidine rings is 1. The van der Waals surface area contributed by atoms with E-state index in [9.17, 15) is 13.5 Å². The van der Waals surface area contributed by atoms with E-state index >= 15 is 0 Å². The Morgan fingerprint density at radius 1 is 1.26 bits per heavy atom. The molecule has 19 heavy (non-hydrogen) atoms. The lowest BCUT2D eigenvalue weighted by molar-refractivity contribution is 0.0564. The summed E-state index contributed by atoms with van der Waals surface area (Å²) >= 11 is 0. The number of rotatable bonds is 5. The van der Waals surface area contributed by atoms with E-state index in [4.69, 9.17) is 4.74 Å². The van der Waals surface area contributed by atoms with Crippen LogP contribution in [0, 0.1) is 5.92 Å². The van der Waals surface area contributed by atoms with Gasteiger partial charge in [-0.05, 0) is 31.6 Å². The molecule has 2 saturated heterocycles. The second-order valence-corrected chi connectivity index (χ2v) is 7.09. The summed E-state index contributed by atoms with van der Waals surface area (Å²) in [5, 5.41) is 9.29. The van der Waals surface area contributed by atoms with Gasteiger partial charge in [0.05, 0.1) is 13.2 Å². The van der Waals surface area contributed by atoms with E-state index in [-0.39, 0.29) is 18.6 Å². The molecule has 6 nitrogen and oxygen atoms in total. The summed E-state index contributed by atoms with van der Waals surface area (Å²) in [6.45, 7) is 2.24. The summed E-state index contributed by atoms with van der Waals surface area (Å²) in [6.07, 6.45) is 4.59. The Kier molecular flexibility index (Phi) is 5.58. The van der Waals surface area contributed by atoms with E-state index in [2.05, 4.69) is 4.72 Å². The van der Waals surface area contributed by atoms with E-state index in [1.54, 1.807) is 0 Å². The summed E-state index contributed by atoms with van der Waals surface area (Å²) in [5.41, 5.74) is 0. The lowest BCUT2D eigenvalue weighted by atomic mass is 10.0. The molecule has 2 heterocycles. The van der Waals surface area contributed by atoms with Gasteiger partial charge >= 0.3 is 0 Å². The molecular weight excluding hydrogens is 268 g/mol. The summed E-state index contributed by atoms with van der Waals surface area (Å²) in [7, 11) is -3.48. The number of hydrogen-bond acceptors (Lipinski definition) is 4. The zero-order chi connectivity index (χ0) is 13.7. The molecule has 0 aromatic rings. The van der Waals surface area contributed by atoms with Crippen LogP contribution >= 0.6 is 0 Å². The van der Waals surface area contributed by atoms with Gasteiger partial charge < -0.3 is 9.84 Å². The topological polar surface area (TPSA) is 78.9 Å². The number of ether oxygens (including phenoxy) is 1. The Morgan fingerprint density at radius 2 is 2.11 bits per heavy atom. The quantitative estimate of drug-likeness (QED) is 0.753. The predicted octanol–water partition coefficient (Wildman–Crippen LogP) is 0.0942. The molecule has 2 unspecified atom stereocenters. The van der Waals surface area contributed by atoms with Gasteiger partial charge in [0.25, 0.3) is 10.2 Å². The van der Waals surface area contributed by atoms with Crippen LogP contribution in [0.1, 0.15) is 32.1 Å². The smallest absolute Gasteiger partial charge is 0.279 e. The first-order chi connectivity index (χ1) is 9.13. The highest BCUT2D eigenvalue weighted by Crippen LogP contribution is 2.20. The second-order valence-electron chi connectivity index (χ2n) is 5.38. The lowest BCUT2D eigenvalue weighted by Crippen LogP contribution is -2.51. The number of hydrogen-bond donors (Lipinski definition) is 2. The van der Waals surface area contributed by atoms with Crippen LogP contribution < -0.4 is 4.72 Å². The van der Waals surface area contributed by atoms with Gasteiger partial charge in [0, 0.05) is 25.7 Å². The number of nitrogens with zero attached hydrogens (tertiary/aromatic N) is 1. The zero-order valence-corrected chi connectivity index (χ0v) is 12.1. The van der Waals surface area contributed by atoms with Crippen molar-refractivity contribution in [2.45, 2.75) is 38.1 Å². The molecule has 2 N–H and O–H groups in total. The van der Waals surface area contributed by atoms with E-state index < -0.39 is 10.2 Å². The Labute approximate surface area is 115 Å². The van der Waals surface area contributed by atoms with Crippen molar-refractivity contribution in [3.63, 3.8) is 0 Å². The SMILES string of the molecule is O=S(=O)(NCC1CCCOC1)N1CCCCC1CO. The van der Waals surface area contributed by atoms with Gasteiger partial charge in [0.1, 0.15) is 0 Å². The fourth-order valence-electron chi connectivity index (χ4n) is 2.75. The van der Waals surface area contributed by atoms with Crippen LogP contribution in [0.15, 0.2) is 0 Å². The fourth-order valence-corrected chi connectivity index (χ4v) is 4.29. The highest BCUT2D eigenvalue weighted by atomic mass is 32.2. The van der Waals surface area contributed by atoms with Crippen molar-refractivity contribution in [2.75, 3.05) is 32.9 Å². The molecule has 2 aliphatic heterocycles. The standard InChI is InChI=1S/C12H24N2O4S/c15-9-12-5-1-2-6-14(12)19(16,17)13-8-11-4-3-7-18-10-11/h11-13,15H,1-10H2. The van der Waals surface area contributed by atoms with Crippen molar-refractivity contribution in [3.8, 4) is 0 Å². The Morgan fingerprint density at radius 3 is 2.79 bits per heavy atom. The highest BCUT2D eigenvalue weighted by Gasteiger charge is 2.32. The monoisotopic (exact) mass is 292 g/mol. The Hall–Kier alpha value is -0.210. The molecule has 0 bridgehead atoms. The maximum absolute atomic E-state index is 12.3. The average molecular weight is 292 g/mol. The van der Waals surface area contributed by atoms with E-state index in [1.807, 2.05) is 0 Å². The van der Waals surface area contributed by atoms with Crippen LogP contribution in [0.4, 0.5) is 0 Å². The minimum Gasteiger partial charge on any atom is -0.395 e. The fraction of sp³-hybridized carbons (Fsp3) is 1.00. The van der Waals surface area contributed by atoms with Crippen molar-refractivity contribution < 1.29 is 18.3 Å². The molecule has 2 atom stereocenters. The van der Waals surface area contributed by atoms with Crippen LogP contribution in [-0.4, -0.2) is 56.8 Å². The molecular formula is C12H24N2O4S. The minimum atomic E-state index is -3.48. The van der Waals surface area contributed by atoms with Gasteiger partial charge in [-0.3, -0.25) is 0 Å². The molecule has 112 valence electrons. The molecule has 0 saturated carbocycles. The third-order valence-corrected chi connectivity index (χ3v) is 5.53. The van der Waals surface area contributed by atoms with E-state index in [1.165, 1.54) is 4.31 Å². The molecule has 2 fully saturated rings. The van der Waals surface area contributed by atoms with Crippen molar-refractivity contribution in [1.82, 2.24) is 9.03 Å². The first kappa shape index (κ1) is 15.2. The van der Waals surface area contributed by atoms with Gasteiger partial charge in [-0.1, -0.05) is 6.42 Å². The van der Waals surface area contributed by atoms with E-state index in [0.717, 1.165) is 38.7 Å². The maximum atomic E-state index is 12.3. The first-order valence-electron chi connectivity index (χ1n) is 7.08. The highest BCUT2D eigenvalue weighted by molar-refractivity contribution is 7.87. The molecule has 0 aromatic heterocycles. The normalized spacial score (nSPS) is 30.4. The van der Waals surface area contributed by atoms with Gasteiger partial charge in [0.15, 0.2) is 0 Å². The summed E-state index contributed by atoms with van der Waals surface area (Å²) in [5.74, 6) is 0.265. The third kappa shape index (κ3) is 4.13. The average Bonchev–Trinajstić information content (AvgIpc) is 2.46. The summed E-state index contributed by atoms with van der Waals surface area (Å²) in [6, 6.07) is -0.270. The lowest BCUT2D eigenvalue weighted by Gasteiger charge is -2.34. The van der Waals surface area contributed by atoms with Crippen molar-refractivity contribution in [2.24, 2.45) is 5.92 Å². The molecule has 0 aliphatic carbocycles. The maximum Gasteiger partial charge on any atom is 0.279 e. The number of aliphatic hydroxyl groups excluding tert-OH is 1. The summed E-state index contributed by atoms with van der Waals surface area (Å²) in [4.78, 5) is 0. The molecule has 7 heteroatoms. The minimum absolute atomic E-state index is 0.104. The molecule has 2 rings (SSSR count). The largest absolute Gasteiger partial charge is 0.395 e. The molecule has 2 aliphatic rings. The molecule has 0 spiro atoms. The van der Waals surface area contributed by atoms with Gasteiger partial charge in [0.2, 0.25) is 0 Å². The Balaban J connectivity index is 1.89. The van der Waals surface area contributed by atoms with Crippen LogP contribution in [0.2, 0.25) is 0 Å². The van der Waals surface area contributed by atoms with E-state index in [0.29, 0.717) is 19.7 Å². The molecule has 0 radical (unpaired) electrons. The third-order valence-electron chi connectivity index (χ3n) is 3.90. The Bertz CT molecular complexity index is 368. The molecule has 0 amide bonds. The van der Waals surface area contributed by atoms with Crippen molar-refractivity contribution in [3.05, 3.63) is 0 Å². The number of aliphatic hydroxyl groups is 1. The summed E-state index contributed by atoms with van der Waals surface area (Å²) < 4.78 is 34.0. The predicted molar refractivity (Wildman–Crippen MR) is 71.9 cm³/mol. The second kappa shape index (κ2) is 6.99. The van der Waals surface area contributed by atoms with Crippen LogP contribution in [0.5, 0.6) is 0 Å². The van der Waals surface area contributed by atoms with Gasteiger partial charge in [-0.2, -0.15) is 12.7 Å². The molecule has 0 aromatic carbocycles.